The van der Waals surface area contributed by atoms with Crippen LogP contribution in [0.4, 0.5) is 0 Å². The maximum atomic E-state index is 5.48. The zero-order chi connectivity index (χ0) is 7.82. The molecule has 0 radical (unpaired) electrons. The number of unbranched alkanes of at least 4 members (excludes halogenated alkanes) is 1. The van der Waals surface area contributed by atoms with Crippen LogP contribution in [0.25, 0.3) is 0 Å². The molecule has 0 aliphatic rings. The van der Waals surface area contributed by atoms with Gasteiger partial charge >= 0.3 is 0 Å². The van der Waals surface area contributed by atoms with E-state index in [0.717, 1.165) is 25.8 Å². The van der Waals surface area contributed by atoms with Crippen LogP contribution in [0.5, 0.6) is 0 Å². The Labute approximate surface area is 63.0 Å². The maximum absolute atomic E-state index is 5.48. The molecule has 4 N–H and O–H groups in total. The highest BCUT2D eigenvalue weighted by molar-refractivity contribution is 5.00. The summed E-state index contributed by atoms with van der Waals surface area (Å²) in [7, 11) is 0. The van der Waals surface area contributed by atoms with E-state index < -0.39 is 0 Å². The predicted octanol–water partition coefficient (Wildman–Crippen LogP) is 0.466. The first-order valence-corrected chi connectivity index (χ1v) is 3.68. The van der Waals surface area contributed by atoms with Crippen molar-refractivity contribution in [2.75, 3.05) is 6.54 Å². The third-order valence-electron chi connectivity index (χ3n) is 1.05. The van der Waals surface area contributed by atoms with E-state index in [4.69, 9.17) is 11.5 Å². The Balaban J connectivity index is 3.14. The van der Waals surface area contributed by atoms with Gasteiger partial charge in [0.25, 0.3) is 0 Å². The molecule has 1 atom stereocenters. The number of hydrogen-bond donors (Lipinski definition) is 2. The van der Waals surface area contributed by atoms with E-state index in [9.17, 15) is 0 Å². The molecule has 2 heteroatoms. The lowest BCUT2D eigenvalue weighted by Crippen LogP contribution is -2.12. The van der Waals surface area contributed by atoms with Crippen LogP contribution >= 0.6 is 0 Å². The highest BCUT2D eigenvalue weighted by Crippen LogP contribution is 1.85. The van der Waals surface area contributed by atoms with Gasteiger partial charge in [-0.05, 0) is 19.9 Å². The fourth-order valence-corrected chi connectivity index (χ4v) is 0.512. The molecule has 0 aromatic rings. The summed E-state index contributed by atoms with van der Waals surface area (Å²) in [5, 5.41) is 0. The van der Waals surface area contributed by atoms with Crippen molar-refractivity contribution in [2.24, 2.45) is 11.5 Å². The van der Waals surface area contributed by atoms with E-state index in [2.05, 4.69) is 11.8 Å². The minimum Gasteiger partial charge on any atom is -0.330 e. The fourth-order valence-electron chi connectivity index (χ4n) is 0.512. The van der Waals surface area contributed by atoms with Crippen molar-refractivity contribution in [3.63, 3.8) is 0 Å². The van der Waals surface area contributed by atoms with Gasteiger partial charge in [-0.25, -0.2) is 0 Å². The van der Waals surface area contributed by atoms with Crippen LogP contribution in [0.15, 0.2) is 0 Å². The second-order valence-electron chi connectivity index (χ2n) is 2.43. The molecule has 0 aliphatic carbocycles. The van der Waals surface area contributed by atoms with Crippen molar-refractivity contribution in [2.45, 2.75) is 32.2 Å². The molecule has 58 valence electrons. The Morgan fingerprint density at radius 1 is 1.40 bits per heavy atom. The SMILES string of the molecule is CC(N)CC#CCCCN. The summed E-state index contributed by atoms with van der Waals surface area (Å²) in [6, 6.07) is 0.199. The highest BCUT2D eigenvalue weighted by atomic mass is 14.6. The molecule has 1 unspecified atom stereocenters. The lowest BCUT2D eigenvalue weighted by atomic mass is 10.2. The van der Waals surface area contributed by atoms with Crippen molar-refractivity contribution in [3.05, 3.63) is 0 Å². The molecule has 0 rings (SSSR count). The minimum absolute atomic E-state index is 0.199. The number of nitrogens with two attached hydrogens (primary N) is 2. The molecule has 0 amide bonds. The predicted molar refractivity (Wildman–Crippen MR) is 44.3 cm³/mol. The van der Waals surface area contributed by atoms with Crippen LogP contribution in [-0.2, 0) is 0 Å². The minimum atomic E-state index is 0.199. The molecule has 0 fully saturated rings. The Morgan fingerprint density at radius 2 is 2.10 bits per heavy atom. The quantitative estimate of drug-likeness (QED) is 0.442. The second-order valence-corrected chi connectivity index (χ2v) is 2.43. The molecule has 0 saturated heterocycles. The molecule has 0 aromatic carbocycles. The third-order valence-corrected chi connectivity index (χ3v) is 1.05. The van der Waals surface area contributed by atoms with Gasteiger partial charge in [0.1, 0.15) is 0 Å². The van der Waals surface area contributed by atoms with Crippen molar-refractivity contribution in [1.29, 1.82) is 0 Å². The second kappa shape index (κ2) is 6.60. The topological polar surface area (TPSA) is 52.0 Å². The summed E-state index contributed by atoms with van der Waals surface area (Å²) in [5.41, 5.74) is 10.8. The van der Waals surface area contributed by atoms with Gasteiger partial charge in [-0.15, -0.1) is 11.8 Å². The first kappa shape index (κ1) is 9.48. The van der Waals surface area contributed by atoms with Gasteiger partial charge < -0.3 is 11.5 Å². The molecule has 2 nitrogen and oxygen atoms in total. The Bertz CT molecular complexity index is 119. The summed E-state index contributed by atoms with van der Waals surface area (Å²) in [5.74, 6) is 6.00. The molecule has 0 bridgehead atoms. The van der Waals surface area contributed by atoms with Gasteiger partial charge in [0.05, 0.1) is 0 Å². The summed E-state index contributed by atoms with van der Waals surface area (Å²) < 4.78 is 0. The largest absolute Gasteiger partial charge is 0.330 e. The van der Waals surface area contributed by atoms with E-state index in [1.54, 1.807) is 0 Å². The Kier molecular flexibility index (Phi) is 6.25. The van der Waals surface area contributed by atoms with Gasteiger partial charge in [-0.3, -0.25) is 0 Å². The monoisotopic (exact) mass is 140 g/mol. The van der Waals surface area contributed by atoms with E-state index in [1.807, 2.05) is 6.92 Å². The van der Waals surface area contributed by atoms with E-state index in [0.29, 0.717) is 0 Å². The van der Waals surface area contributed by atoms with Crippen LogP contribution in [0.3, 0.4) is 0 Å². The first-order valence-electron chi connectivity index (χ1n) is 3.68. The van der Waals surface area contributed by atoms with E-state index in [-0.39, 0.29) is 6.04 Å². The highest BCUT2D eigenvalue weighted by Gasteiger charge is 1.85. The molecular weight excluding hydrogens is 124 g/mol. The smallest absolute Gasteiger partial charge is 0.0238 e. The van der Waals surface area contributed by atoms with E-state index in [1.165, 1.54) is 0 Å². The van der Waals surface area contributed by atoms with Gasteiger partial charge in [0.2, 0.25) is 0 Å². The fraction of sp³-hybridized carbons (Fsp3) is 0.750. The normalized spacial score (nSPS) is 11.9. The van der Waals surface area contributed by atoms with Crippen molar-refractivity contribution in [1.82, 2.24) is 0 Å². The number of hydrogen-bond acceptors (Lipinski definition) is 2. The summed E-state index contributed by atoms with van der Waals surface area (Å²) >= 11 is 0. The Morgan fingerprint density at radius 3 is 2.60 bits per heavy atom. The van der Waals surface area contributed by atoms with Crippen molar-refractivity contribution >= 4 is 0 Å². The molecule has 0 aromatic heterocycles. The van der Waals surface area contributed by atoms with Crippen LogP contribution < -0.4 is 11.5 Å². The lowest BCUT2D eigenvalue weighted by Gasteiger charge is -1.93. The molecule has 0 spiro atoms. The van der Waals surface area contributed by atoms with Gasteiger partial charge in [-0.2, -0.15) is 0 Å². The van der Waals surface area contributed by atoms with Crippen molar-refractivity contribution < 1.29 is 0 Å². The number of rotatable bonds is 3. The van der Waals surface area contributed by atoms with Gasteiger partial charge in [0.15, 0.2) is 0 Å². The molecule has 10 heavy (non-hydrogen) atoms. The van der Waals surface area contributed by atoms with Gasteiger partial charge in [-0.1, -0.05) is 0 Å². The zero-order valence-corrected chi connectivity index (χ0v) is 6.56. The molecular formula is C8H16N2. The zero-order valence-electron chi connectivity index (χ0n) is 6.56. The molecule has 0 saturated carbocycles. The third kappa shape index (κ3) is 7.48. The maximum Gasteiger partial charge on any atom is 0.0238 e. The lowest BCUT2D eigenvalue weighted by molar-refractivity contribution is 0.769. The Hall–Kier alpha value is -0.520. The molecule has 0 heterocycles. The van der Waals surface area contributed by atoms with Crippen molar-refractivity contribution in [3.8, 4) is 11.8 Å². The van der Waals surface area contributed by atoms with Crippen LogP contribution in [0.2, 0.25) is 0 Å². The van der Waals surface area contributed by atoms with Crippen LogP contribution in [-0.4, -0.2) is 12.6 Å². The first-order chi connectivity index (χ1) is 4.77. The standard InChI is InChI=1S/C8H16N2/c1-8(10)6-4-2-3-5-7-9/h8H,3,5-7,9-10H2,1H3. The van der Waals surface area contributed by atoms with Crippen LogP contribution in [0.1, 0.15) is 26.2 Å². The van der Waals surface area contributed by atoms with Gasteiger partial charge in [0, 0.05) is 18.9 Å². The van der Waals surface area contributed by atoms with E-state index >= 15 is 0 Å². The summed E-state index contributed by atoms with van der Waals surface area (Å²) in [6.07, 6.45) is 2.69. The average molecular weight is 140 g/mol. The summed E-state index contributed by atoms with van der Waals surface area (Å²) in [6.45, 7) is 2.68. The average Bonchev–Trinajstić information content (AvgIpc) is 1.87. The summed E-state index contributed by atoms with van der Waals surface area (Å²) in [4.78, 5) is 0. The molecule has 0 aliphatic heterocycles. The van der Waals surface area contributed by atoms with Crippen LogP contribution in [0, 0.1) is 11.8 Å².